The van der Waals surface area contributed by atoms with Gasteiger partial charge >= 0.3 is 6.18 Å². The van der Waals surface area contributed by atoms with Gasteiger partial charge in [-0.3, -0.25) is 4.68 Å². The third-order valence-corrected chi connectivity index (χ3v) is 4.91. The van der Waals surface area contributed by atoms with Crippen molar-refractivity contribution < 1.29 is 28.1 Å². The van der Waals surface area contributed by atoms with E-state index >= 15 is 0 Å². The van der Waals surface area contributed by atoms with Crippen LogP contribution in [-0.4, -0.2) is 50.3 Å². The summed E-state index contributed by atoms with van der Waals surface area (Å²) in [6.45, 7) is 1.12. The molecule has 0 spiro atoms. The maximum absolute atomic E-state index is 12.6. The van der Waals surface area contributed by atoms with Crippen molar-refractivity contribution in [1.82, 2.24) is 20.1 Å². The Kier molecular flexibility index (Phi) is 11.6. The fraction of sp³-hybridized carbons (Fsp3) is 0.556. The van der Waals surface area contributed by atoms with Crippen LogP contribution in [0.25, 0.3) is 0 Å². The standard InChI is InChI=1S/C18H23F3N4O3.3ClH/c1-25-9-12(7-24-25)6-22-10-17(4-14(26)15(27)5-17)11-28-16-3-2-13(8-23-16)18(19,20)21;;;/h2-3,7-9,14-15,22,26-27H,4-6,10-11H2,1H3;3*1H/t14-,15+,17?;;;. The molecule has 1 fully saturated rings. The minimum Gasteiger partial charge on any atom is -0.477 e. The first-order valence-electron chi connectivity index (χ1n) is 8.87. The number of hydrogen-bond donors (Lipinski definition) is 3. The molecule has 13 heteroatoms. The Bertz CT molecular complexity index is 783. The van der Waals surface area contributed by atoms with Gasteiger partial charge < -0.3 is 20.3 Å². The lowest BCUT2D eigenvalue weighted by molar-refractivity contribution is -0.137. The molecule has 0 amide bonds. The van der Waals surface area contributed by atoms with Crippen molar-refractivity contribution in [3.8, 4) is 5.88 Å². The number of alkyl halides is 3. The predicted molar refractivity (Wildman–Crippen MR) is 115 cm³/mol. The van der Waals surface area contributed by atoms with Crippen molar-refractivity contribution in [3.05, 3.63) is 41.9 Å². The number of halogens is 6. The molecule has 3 atom stereocenters. The number of nitrogens with one attached hydrogen (secondary N) is 1. The van der Waals surface area contributed by atoms with Gasteiger partial charge in [0.2, 0.25) is 5.88 Å². The Balaban J connectivity index is 0.00000300. The number of hydrogen-bond acceptors (Lipinski definition) is 6. The van der Waals surface area contributed by atoms with E-state index in [-0.39, 0.29) is 49.7 Å². The van der Waals surface area contributed by atoms with Gasteiger partial charge in [-0.15, -0.1) is 37.2 Å². The van der Waals surface area contributed by atoms with Crippen LogP contribution < -0.4 is 10.1 Å². The van der Waals surface area contributed by atoms with E-state index < -0.39 is 29.4 Å². The van der Waals surface area contributed by atoms with Crippen LogP contribution in [0.15, 0.2) is 30.7 Å². The van der Waals surface area contributed by atoms with Crippen molar-refractivity contribution in [2.45, 2.75) is 37.8 Å². The molecule has 3 rings (SSSR count). The number of nitrogens with zero attached hydrogens (tertiary/aromatic N) is 3. The number of aromatic nitrogens is 3. The highest BCUT2D eigenvalue weighted by Gasteiger charge is 2.44. The van der Waals surface area contributed by atoms with Gasteiger partial charge in [0.15, 0.2) is 0 Å². The average Bonchev–Trinajstić information content (AvgIpc) is 3.16. The maximum Gasteiger partial charge on any atom is 0.417 e. The van der Waals surface area contributed by atoms with E-state index in [9.17, 15) is 23.4 Å². The SMILES string of the molecule is Cl.Cl.Cl.Cn1cc(CNCC2(COc3ccc(C(F)(F)F)cn3)C[C@@H](O)[C@@H](O)C2)cn1. The van der Waals surface area contributed by atoms with Crippen LogP contribution in [0.3, 0.4) is 0 Å². The zero-order valence-electron chi connectivity index (χ0n) is 16.6. The number of aliphatic hydroxyl groups excluding tert-OH is 2. The van der Waals surface area contributed by atoms with Crippen LogP contribution in [0.2, 0.25) is 0 Å². The molecule has 0 aromatic carbocycles. The van der Waals surface area contributed by atoms with Gasteiger partial charge in [-0.05, 0) is 18.9 Å². The molecule has 0 bridgehead atoms. The van der Waals surface area contributed by atoms with Crippen molar-refractivity contribution in [1.29, 1.82) is 0 Å². The van der Waals surface area contributed by atoms with Gasteiger partial charge in [0, 0.05) is 49.6 Å². The van der Waals surface area contributed by atoms with E-state index in [0.717, 1.165) is 17.8 Å². The Morgan fingerprint density at radius 3 is 2.29 bits per heavy atom. The summed E-state index contributed by atoms with van der Waals surface area (Å²) in [5.74, 6) is 0.0653. The molecule has 1 unspecified atom stereocenters. The Labute approximate surface area is 196 Å². The lowest BCUT2D eigenvalue weighted by atomic mass is 9.86. The highest BCUT2D eigenvalue weighted by atomic mass is 35.5. The third kappa shape index (κ3) is 7.96. The normalized spacial score (nSPS) is 22.8. The molecule has 2 aromatic heterocycles. The second-order valence-corrected chi connectivity index (χ2v) is 7.34. The summed E-state index contributed by atoms with van der Waals surface area (Å²) in [5.41, 5.74) is -0.424. The second kappa shape index (κ2) is 12.1. The lowest BCUT2D eigenvalue weighted by Crippen LogP contribution is -2.38. The zero-order chi connectivity index (χ0) is 20.4. The molecule has 2 aromatic rings. The largest absolute Gasteiger partial charge is 0.477 e. The first kappa shape index (κ1) is 29.7. The summed E-state index contributed by atoms with van der Waals surface area (Å²) in [7, 11) is 1.82. The molecule has 2 heterocycles. The van der Waals surface area contributed by atoms with E-state index in [4.69, 9.17) is 4.74 Å². The van der Waals surface area contributed by atoms with Crippen LogP contribution in [0, 0.1) is 5.41 Å². The fourth-order valence-electron chi connectivity index (χ4n) is 3.45. The van der Waals surface area contributed by atoms with E-state index in [1.807, 2.05) is 13.2 Å². The van der Waals surface area contributed by atoms with E-state index in [1.165, 1.54) is 6.07 Å². The first-order valence-corrected chi connectivity index (χ1v) is 8.87. The molecule has 1 aliphatic carbocycles. The number of aliphatic hydroxyl groups is 2. The number of rotatable bonds is 7. The fourth-order valence-corrected chi connectivity index (χ4v) is 3.45. The summed E-state index contributed by atoms with van der Waals surface area (Å²) in [6, 6.07) is 2.08. The van der Waals surface area contributed by atoms with Gasteiger partial charge in [0.25, 0.3) is 0 Å². The number of pyridine rings is 1. The highest BCUT2D eigenvalue weighted by Crippen LogP contribution is 2.39. The molecule has 1 aliphatic rings. The Morgan fingerprint density at radius 1 is 1.16 bits per heavy atom. The average molecular weight is 510 g/mol. The lowest BCUT2D eigenvalue weighted by Gasteiger charge is -2.29. The number of aryl methyl sites for hydroxylation is 1. The van der Waals surface area contributed by atoms with Crippen molar-refractivity contribution in [2.24, 2.45) is 12.5 Å². The second-order valence-electron chi connectivity index (χ2n) is 7.34. The predicted octanol–water partition coefficient (Wildman–Crippen LogP) is 2.77. The molecule has 0 radical (unpaired) electrons. The molecule has 7 nitrogen and oxygen atoms in total. The van der Waals surface area contributed by atoms with Gasteiger partial charge in [-0.2, -0.15) is 18.3 Å². The van der Waals surface area contributed by atoms with Crippen LogP contribution in [0.4, 0.5) is 13.2 Å². The molecule has 178 valence electrons. The quantitative estimate of drug-likeness (QED) is 0.532. The van der Waals surface area contributed by atoms with E-state index in [2.05, 4.69) is 15.4 Å². The van der Waals surface area contributed by atoms with Crippen molar-refractivity contribution in [2.75, 3.05) is 13.2 Å². The summed E-state index contributed by atoms with van der Waals surface area (Å²) >= 11 is 0. The molecule has 0 saturated heterocycles. The minimum atomic E-state index is -4.46. The van der Waals surface area contributed by atoms with Crippen LogP contribution in [-0.2, 0) is 19.8 Å². The molecular formula is C18H26Cl3F3N4O3. The van der Waals surface area contributed by atoms with E-state index in [1.54, 1.807) is 10.9 Å². The monoisotopic (exact) mass is 508 g/mol. The van der Waals surface area contributed by atoms with Crippen molar-refractivity contribution in [3.63, 3.8) is 0 Å². The molecule has 3 N–H and O–H groups in total. The first-order chi connectivity index (χ1) is 13.2. The summed E-state index contributed by atoms with van der Waals surface area (Å²) in [6.07, 6.45) is -1.23. The summed E-state index contributed by atoms with van der Waals surface area (Å²) in [4.78, 5) is 3.71. The molecular weight excluding hydrogens is 484 g/mol. The van der Waals surface area contributed by atoms with Gasteiger partial charge in [-0.1, -0.05) is 0 Å². The summed E-state index contributed by atoms with van der Waals surface area (Å²) < 4.78 is 45.2. The summed E-state index contributed by atoms with van der Waals surface area (Å²) in [5, 5.41) is 27.3. The van der Waals surface area contributed by atoms with Gasteiger partial charge in [0.05, 0.1) is 30.6 Å². The van der Waals surface area contributed by atoms with Crippen LogP contribution >= 0.6 is 37.2 Å². The third-order valence-electron chi connectivity index (χ3n) is 4.91. The Hall–Kier alpha value is -1.30. The molecule has 1 saturated carbocycles. The van der Waals surface area contributed by atoms with Crippen molar-refractivity contribution >= 4 is 37.2 Å². The van der Waals surface area contributed by atoms with Crippen LogP contribution in [0.5, 0.6) is 5.88 Å². The molecule has 0 aliphatic heterocycles. The number of ether oxygens (including phenoxy) is 1. The zero-order valence-corrected chi connectivity index (χ0v) is 19.0. The maximum atomic E-state index is 12.6. The minimum absolute atomic E-state index is 0. The van der Waals surface area contributed by atoms with Crippen LogP contribution in [0.1, 0.15) is 24.0 Å². The Morgan fingerprint density at radius 2 is 1.81 bits per heavy atom. The van der Waals surface area contributed by atoms with Gasteiger partial charge in [-0.25, -0.2) is 4.98 Å². The van der Waals surface area contributed by atoms with Gasteiger partial charge in [0.1, 0.15) is 0 Å². The smallest absolute Gasteiger partial charge is 0.417 e. The topological polar surface area (TPSA) is 92.4 Å². The highest BCUT2D eigenvalue weighted by molar-refractivity contribution is 5.86. The van der Waals surface area contributed by atoms with E-state index in [0.29, 0.717) is 25.9 Å². The molecule has 31 heavy (non-hydrogen) atoms.